The van der Waals surface area contributed by atoms with Crippen LogP contribution in [0.25, 0.3) is 0 Å². The average Bonchev–Trinajstić information content (AvgIpc) is 3.00. The molecule has 2 saturated heterocycles. The first-order valence-electron chi connectivity index (χ1n) is 10.1. The highest BCUT2D eigenvalue weighted by molar-refractivity contribution is 5.98. The molecule has 5 heteroatoms. The van der Waals surface area contributed by atoms with Crippen LogP contribution < -0.4 is 0 Å². The van der Waals surface area contributed by atoms with Gasteiger partial charge >= 0.3 is 0 Å². The predicted molar refractivity (Wildman–Crippen MR) is 101 cm³/mol. The Morgan fingerprint density at radius 3 is 2.46 bits per heavy atom. The first-order valence-corrected chi connectivity index (χ1v) is 10.1. The zero-order valence-electron chi connectivity index (χ0n) is 15.5. The smallest absolute Gasteiger partial charge is 0.254 e. The number of benzene rings is 1. The Morgan fingerprint density at radius 1 is 1.00 bits per heavy atom. The minimum absolute atomic E-state index is 0.184. The van der Waals surface area contributed by atoms with Gasteiger partial charge in [0.25, 0.3) is 5.91 Å². The Bertz CT molecular complexity index is 661. The van der Waals surface area contributed by atoms with Crippen LogP contribution >= 0.6 is 0 Å². The van der Waals surface area contributed by atoms with Crippen LogP contribution in [-0.4, -0.2) is 65.8 Å². The second kappa shape index (κ2) is 7.78. The van der Waals surface area contributed by atoms with E-state index < -0.39 is 0 Å². The van der Waals surface area contributed by atoms with Gasteiger partial charge in [0, 0.05) is 31.7 Å². The second-order valence-corrected chi connectivity index (χ2v) is 8.00. The number of hydrogen-bond acceptors (Lipinski definition) is 3. The van der Waals surface area contributed by atoms with E-state index in [4.69, 9.17) is 0 Å². The third kappa shape index (κ3) is 3.78. The highest BCUT2D eigenvalue weighted by Gasteiger charge is 2.30. The number of hydrogen-bond donors (Lipinski definition) is 0. The molecule has 0 bridgehead atoms. The van der Waals surface area contributed by atoms with Gasteiger partial charge in [-0.15, -0.1) is 0 Å². The summed E-state index contributed by atoms with van der Waals surface area (Å²) >= 11 is 0. The van der Waals surface area contributed by atoms with E-state index in [1.54, 1.807) is 0 Å². The van der Waals surface area contributed by atoms with Gasteiger partial charge in [-0.05, 0) is 62.7 Å². The van der Waals surface area contributed by atoms with Gasteiger partial charge in [-0.2, -0.15) is 0 Å². The van der Waals surface area contributed by atoms with Crippen molar-refractivity contribution in [1.82, 2.24) is 14.7 Å². The molecule has 3 aliphatic heterocycles. The van der Waals surface area contributed by atoms with Gasteiger partial charge in [0.05, 0.1) is 6.54 Å². The van der Waals surface area contributed by atoms with E-state index in [1.165, 1.54) is 6.42 Å². The summed E-state index contributed by atoms with van der Waals surface area (Å²) in [6.07, 6.45) is 5.72. The van der Waals surface area contributed by atoms with Crippen LogP contribution in [0.3, 0.4) is 0 Å². The number of piperidine rings is 2. The maximum absolute atomic E-state index is 12.5. The van der Waals surface area contributed by atoms with Crippen molar-refractivity contribution in [2.24, 2.45) is 5.92 Å². The first kappa shape index (κ1) is 17.5. The lowest BCUT2D eigenvalue weighted by Crippen LogP contribution is -2.46. The molecule has 3 aliphatic rings. The van der Waals surface area contributed by atoms with E-state index in [-0.39, 0.29) is 5.91 Å². The van der Waals surface area contributed by atoms with Crippen LogP contribution in [0.5, 0.6) is 0 Å². The highest BCUT2D eigenvalue weighted by Crippen LogP contribution is 2.26. The van der Waals surface area contributed by atoms with Crippen LogP contribution in [0.4, 0.5) is 0 Å². The lowest BCUT2D eigenvalue weighted by molar-refractivity contribution is -0.133. The minimum atomic E-state index is 0.184. The Hall–Kier alpha value is -1.88. The molecule has 2 amide bonds. The number of carbonyl (C=O) groups excluding carboxylic acids is 2. The van der Waals surface area contributed by atoms with Gasteiger partial charge in [-0.25, -0.2) is 0 Å². The quantitative estimate of drug-likeness (QED) is 0.833. The fourth-order valence-corrected chi connectivity index (χ4v) is 4.54. The van der Waals surface area contributed by atoms with Crippen LogP contribution in [-0.2, 0) is 11.3 Å². The van der Waals surface area contributed by atoms with Gasteiger partial charge in [-0.1, -0.05) is 18.2 Å². The number of amides is 2. The summed E-state index contributed by atoms with van der Waals surface area (Å²) in [5.74, 6) is 1.03. The standard InChI is InChI=1S/C21H29N3O2/c25-20(23-10-4-1-5-11-23)16-22-12-8-17(9-13-22)14-24-15-18-6-2-3-7-19(18)21(24)26/h2-3,6-7,17H,1,4-5,8-16H2. The maximum Gasteiger partial charge on any atom is 0.254 e. The molecule has 1 aromatic rings. The van der Waals surface area contributed by atoms with Crippen LogP contribution in [0.2, 0.25) is 0 Å². The minimum Gasteiger partial charge on any atom is -0.342 e. The lowest BCUT2D eigenvalue weighted by Gasteiger charge is -2.35. The summed E-state index contributed by atoms with van der Waals surface area (Å²) in [6, 6.07) is 7.94. The van der Waals surface area contributed by atoms with E-state index in [0.29, 0.717) is 18.4 Å². The zero-order chi connectivity index (χ0) is 17.9. The fraction of sp³-hybridized carbons (Fsp3) is 0.619. The largest absolute Gasteiger partial charge is 0.342 e. The molecule has 0 atom stereocenters. The summed E-state index contributed by atoms with van der Waals surface area (Å²) < 4.78 is 0. The Balaban J connectivity index is 1.23. The van der Waals surface area contributed by atoms with Crippen molar-refractivity contribution in [2.75, 3.05) is 39.3 Å². The number of rotatable bonds is 4. The van der Waals surface area contributed by atoms with E-state index in [9.17, 15) is 9.59 Å². The first-order chi connectivity index (χ1) is 12.7. The van der Waals surface area contributed by atoms with E-state index in [1.807, 2.05) is 28.0 Å². The molecule has 0 N–H and O–H groups in total. The predicted octanol–water partition coefficient (Wildman–Crippen LogP) is 2.37. The monoisotopic (exact) mass is 355 g/mol. The van der Waals surface area contributed by atoms with Crippen molar-refractivity contribution in [1.29, 1.82) is 0 Å². The molecule has 0 aromatic heterocycles. The van der Waals surface area contributed by atoms with Crippen molar-refractivity contribution >= 4 is 11.8 Å². The van der Waals surface area contributed by atoms with Gasteiger partial charge < -0.3 is 9.80 Å². The summed E-state index contributed by atoms with van der Waals surface area (Å²) in [7, 11) is 0. The molecular weight excluding hydrogens is 326 g/mol. The Morgan fingerprint density at radius 2 is 1.73 bits per heavy atom. The van der Waals surface area contributed by atoms with E-state index in [2.05, 4.69) is 11.0 Å². The fourth-order valence-electron chi connectivity index (χ4n) is 4.54. The topological polar surface area (TPSA) is 43.9 Å². The number of carbonyl (C=O) groups is 2. The van der Waals surface area contributed by atoms with Crippen LogP contribution in [0.15, 0.2) is 24.3 Å². The molecule has 26 heavy (non-hydrogen) atoms. The molecule has 0 saturated carbocycles. The molecule has 3 heterocycles. The maximum atomic E-state index is 12.5. The van der Waals surface area contributed by atoms with Gasteiger partial charge in [0.2, 0.25) is 5.91 Å². The van der Waals surface area contributed by atoms with Crippen molar-refractivity contribution in [3.8, 4) is 0 Å². The van der Waals surface area contributed by atoms with E-state index >= 15 is 0 Å². The molecule has 0 aliphatic carbocycles. The van der Waals surface area contributed by atoms with Gasteiger partial charge in [0.15, 0.2) is 0 Å². The summed E-state index contributed by atoms with van der Waals surface area (Å²) in [4.78, 5) is 31.3. The summed E-state index contributed by atoms with van der Waals surface area (Å²) in [5.41, 5.74) is 2.03. The van der Waals surface area contributed by atoms with Crippen LogP contribution in [0.1, 0.15) is 48.0 Å². The molecular formula is C21H29N3O2. The second-order valence-electron chi connectivity index (χ2n) is 8.00. The molecule has 4 rings (SSSR count). The Kier molecular flexibility index (Phi) is 5.25. The number of fused-ring (bicyclic) bond motifs is 1. The van der Waals surface area contributed by atoms with Crippen molar-refractivity contribution in [2.45, 2.75) is 38.6 Å². The van der Waals surface area contributed by atoms with Gasteiger partial charge in [0.1, 0.15) is 0 Å². The molecule has 5 nitrogen and oxygen atoms in total. The number of nitrogens with zero attached hydrogens (tertiary/aromatic N) is 3. The normalized spacial score (nSPS) is 21.9. The average molecular weight is 355 g/mol. The third-order valence-corrected chi connectivity index (χ3v) is 6.15. The van der Waals surface area contributed by atoms with E-state index in [0.717, 1.165) is 76.1 Å². The molecule has 140 valence electrons. The zero-order valence-corrected chi connectivity index (χ0v) is 15.5. The highest BCUT2D eigenvalue weighted by atomic mass is 16.2. The molecule has 0 radical (unpaired) electrons. The molecule has 0 spiro atoms. The van der Waals surface area contributed by atoms with Crippen molar-refractivity contribution in [3.05, 3.63) is 35.4 Å². The van der Waals surface area contributed by atoms with Crippen molar-refractivity contribution < 1.29 is 9.59 Å². The molecule has 1 aromatic carbocycles. The third-order valence-electron chi connectivity index (χ3n) is 6.15. The van der Waals surface area contributed by atoms with Crippen LogP contribution in [0, 0.1) is 5.92 Å². The molecule has 0 unspecified atom stereocenters. The lowest BCUT2D eigenvalue weighted by atomic mass is 9.96. The summed E-state index contributed by atoms with van der Waals surface area (Å²) in [5, 5.41) is 0. The Labute approximate surface area is 155 Å². The number of likely N-dealkylation sites (tertiary alicyclic amines) is 2. The summed E-state index contributed by atoms with van der Waals surface area (Å²) in [6.45, 7) is 5.99. The van der Waals surface area contributed by atoms with Crippen molar-refractivity contribution in [3.63, 3.8) is 0 Å². The molecule has 2 fully saturated rings. The SMILES string of the molecule is O=C(CN1CCC(CN2Cc3ccccc3C2=O)CC1)N1CCCCC1. The van der Waals surface area contributed by atoms with Gasteiger partial charge in [-0.3, -0.25) is 14.5 Å².